The van der Waals surface area contributed by atoms with Gasteiger partial charge in [-0.1, -0.05) is 63.3 Å². The number of nitrogens with zero attached hydrogens (tertiary/aromatic N) is 1. The number of aliphatic carboxylic acids is 1. The number of aryl methyl sites for hydroxylation is 1. The van der Waals surface area contributed by atoms with Crippen molar-refractivity contribution in [1.82, 2.24) is 0 Å². The Balaban J connectivity index is 0.000000559. The molecule has 5 N–H and O–H groups in total. The van der Waals surface area contributed by atoms with Crippen LogP contribution in [0, 0.1) is 12.8 Å². The second-order valence-corrected chi connectivity index (χ2v) is 15.2. The number of benzene rings is 2. The summed E-state index contributed by atoms with van der Waals surface area (Å²) in [5.41, 5.74) is 19.9. The average Bonchev–Trinajstić information content (AvgIpc) is 2.85. The molecule has 0 saturated carbocycles. The number of fused-ring (bicyclic) bond motifs is 2. The van der Waals surface area contributed by atoms with E-state index in [1.165, 1.54) is 38.2 Å². The second-order valence-electron chi connectivity index (χ2n) is 10.8. The highest BCUT2D eigenvalue weighted by Crippen LogP contribution is 2.42. The number of hydrogen-bond donors (Lipinski definition) is 3. The average molecular weight is 570 g/mol. The van der Waals surface area contributed by atoms with Crippen molar-refractivity contribution in [2.24, 2.45) is 16.6 Å². The molecule has 0 unspecified atom stereocenters. The van der Waals surface area contributed by atoms with Crippen LogP contribution in [0.4, 0.5) is 18.9 Å². The molecule has 1 atom stereocenters. The van der Waals surface area contributed by atoms with Crippen molar-refractivity contribution in [3.63, 3.8) is 0 Å². The van der Waals surface area contributed by atoms with Gasteiger partial charge in [-0.2, -0.15) is 13.2 Å². The summed E-state index contributed by atoms with van der Waals surface area (Å²) in [4.78, 5) is 25.9. The quantitative estimate of drug-likeness (QED) is 0.340. The van der Waals surface area contributed by atoms with Crippen LogP contribution in [0.5, 0.6) is 0 Å². The van der Waals surface area contributed by atoms with Crippen LogP contribution in [0.25, 0.3) is 5.57 Å². The lowest BCUT2D eigenvalue weighted by molar-refractivity contribution is -0.192. The van der Waals surface area contributed by atoms with Crippen molar-refractivity contribution < 1.29 is 27.9 Å². The van der Waals surface area contributed by atoms with Gasteiger partial charge in [-0.3, -0.25) is 4.79 Å². The number of nitrogens with two attached hydrogens (primary N) is 2. The molecule has 1 heterocycles. The minimum absolute atomic E-state index is 0.258. The Morgan fingerprint density at radius 1 is 1.05 bits per heavy atom. The number of aliphatic imine (C=N–C) groups is 1. The predicted molar refractivity (Wildman–Crippen MR) is 156 cm³/mol. The fourth-order valence-corrected chi connectivity index (χ4v) is 7.98. The Morgan fingerprint density at radius 3 is 2.25 bits per heavy atom. The smallest absolute Gasteiger partial charge is 0.475 e. The van der Waals surface area contributed by atoms with E-state index in [0.29, 0.717) is 18.1 Å². The molecule has 0 radical (unpaired) electrons. The van der Waals surface area contributed by atoms with E-state index in [4.69, 9.17) is 21.4 Å². The largest absolute Gasteiger partial charge is 0.490 e. The lowest BCUT2D eigenvalue weighted by atomic mass is 9.87. The van der Waals surface area contributed by atoms with Crippen molar-refractivity contribution in [2.45, 2.75) is 52.5 Å². The lowest BCUT2D eigenvalue weighted by Gasteiger charge is -2.38. The molecule has 2 aromatic rings. The Morgan fingerprint density at radius 2 is 1.68 bits per heavy atom. The number of allylic oxidation sites excluding steroid dienone is 5. The van der Waals surface area contributed by atoms with Crippen molar-refractivity contribution in [1.29, 1.82) is 0 Å². The van der Waals surface area contributed by atoms with E-state index in [0.717, 1.165) is 5.69 Å². The number of carbonyl (C=O) groups excluding carboxylic acids is 1. The zero-order valence-corrected chi connectivity index (χ0v) is 24.1. The van der Waals surface area contributed by atoms with Crippen molar-refractivity contribution >= 4 is 42.1 Å². The maximum atomic E-state index is 12.6. The number of alkyl halides is 3. The number of rotatable bonds is 4. The van der Waals surface area contributed by atoms with Gasteiger partial charge in [-0.05, 0) is 81.8 Å². The highest BCUT2D eigenvalue weighted by molar-refractivity contribution is 6.98. The lowest BCUT2D eigenvalue weighted by Crippen LogP contribution is -2.49. The van der Waals surface area contributed by atoms with Gasteiger partial charge in [0.15, 0.2) is 0 Å². The van der Waals surface area contributed by atoms with Crippen LogP contribution in [0.1, 0.15) is 37.0 Å². The molecule has 0 aromatic heterocycles. The van der Waals surface area contributed by atoms with Gasteiger partial charge in [0.2, 0.25) is 0 Å². The molecule has 2 aromatic carbocycles. The van der Waals surface area contributed by atoms with Gasteiger partial charge >= 0.3 is 12.1 Å². The third-order valence-corrected chi connectivity index (χ3v) is 10.4. The van der Waals surface area contributed by atoms with Crippen LogP contribution in [0.15, 0.2) is 76.5 Å². The zero-order valence-electron chi connectivity index (χ0n) is 23.1. The summed E-state index contributed by atoms with van der Waals surface area (Å²) in [6, 6.07) is 14.2. The van der Waals surface area contributed by atoms with E-state index in [9.17, 15) is 18.0 Å². The first kappa shape index (κ1) is 30.8. The van der Waals surface area contributed by atoms with Crippen LogP contribution in [-0.4, -0.2) is 43.0 Å². The molecule has 0 spiro atoms. The number of carbonyl (C=O) groups is 2. The summed E-state index contributed by atoms with van der Waals surface area (Å²) in [5.74, 6) is -2.67. The van der Waals surface area contributed by atoms with Crippen LogP contribution >= 0.6 is 0 Å². The van der Waals surface area contributed by atoms with Gasteiger partial charge in [0.05, 0.1) is 11.8 Å². The third kappa shape index (κ3) is 6.68. The first-order valence-electron chi connectivity index (χ1n) is 12.8. The van der Waals surface area contributed by atoms with Gasteiger partial charge in [0.25, 0.3) is 5.91 Å². The molecule has 2 aliphatic rings. The zero-order chi connectivity index (χ0) is 30.0. The molecule has 0 fully saturated rings. The van der Waals surface area contributed by atoms with Crippen LogP contribution in [0.2, 0.25) is 13.1 Å². The molecule has 6 nitrogen and oxygen atoms in total. The number of carboxylic acid groups (broad SMARTS) is 1. The molecule has 0 bridgehead atoms. The maximum Gasteiger partial charge on any atom is 0.490 e. The molecule has 10 heteroatoms. The van der Waals surface area contributed by atoms with Gasteiger partial charge in [-0.15, -0.1) is 0 Å². The van der Waals surface area contributed by atoms with E-state index in [-0.39, 0.29) is 5.91 Å². The Bertz CT molecular complexity index is 1450. The first-order chi connectivity index (χ1) is 18.5. The summed E-state index contributed by atoms with van der Waals surface area (Å²) < 4.78 is 31.7. The van der Waals surface area contributed by atoms with Gasteiger partial charge in [-0.25, -0.2) is 9.79 Å². The Kier molecular flexibility index (Phi) is 9.06. The topological polar surface area (TPSA) is 119 Å². The monoisotopic (exact) mass is 569 g/mol. The van der Waals surface area contributed by atoms with E-state index in [2.05, 4.69) is 87.4 Å². The molecule has 40 heavy (non-hydrogen) atoms. The molecule has 4 rings (SSSR count). The van der Waals surface area contributed by atoms with E-state index in [1.807, 2.05) is 12.1 Å². The minimum Gasteiger partial charge on any atom is -0.475 e. The normalized spacial score (nSPS) is 17.4. The molecule has 1 amide bonds. The number of amides is 1. The fraction of sp³-hybridized carbons (Fsp3) is 0.300. The van der Waals surface area contributed by atoms with Crippen molar-refractivity contribution in [3.05, 3.63) is 88.2 Å². The molecular formula is C30H34F3N3O3Si. The molecular weight excluding hydrogens is 535 g/mol. The van der Waals surface area contributed by atoms with Crippen LogP contribution < -0.4 is 16.7 Å². The summed E-state index contributed by atoms with van der Waals surface area (Å²) in [6.45, 7) is 11.0. The van der Waals surface area contributed by atoms with Crippen LogP contribution in [0.3, 0.4) is 0 Å². The molecule has 0 saturated heterocycles. The number of halogens is 3. The van der Waals surface area contributed by atoms with Crippen LogP contribution in [-0.2, 0) is 9.59 Å². The molecule has 1 aliphatic heterocycles. The number of hydrogen-bond acceptors (Lipinski definition) is 4. The first-order valence-corrected chi connectivity index (χ1v) is 15.8. The standard InChI is InChI=1S/C28H33N3OSi.C2HF3O2/c1-17(2)14-24(30)28(32)31-20-11-13-23-26(16-20)33(4,5)25-15-19(29)10-12-22(25)27(23)21-9-7-6-8-18(21)3;3-2(4,5)1(6)7/h6-13,15-17,24H,14,29-30H2,1-5H3;(H,6,7)/t24-;/m1./s1. The molecule has 1 aliphatic carbocycles. The predicted octanol–water partition coefficient (Wildman–Crippen LogP) is 5.32. The van der Waals surface area contributed by atoms with Gasteiger partial charge in [0.1, 0.15) is 8.07 Å². The van der Waals surface area contributed by atoms with E-state index in [1.54, 1.807) is 0 Å². The summed E-state index contributed by atoms with van der Waals surface area (Å²) in [7, 11) is -2.09. The third-order valence-electron chi connectivity index (χ3n) is 6.87. The summed E-state index contributed by atoms with van der Waals surface area (Å²) in [5, 5.41) is 9.71. The maximum absolute atomic E-state index is 12.6. The summed E-state index contributed by atoms with van der Waals surface area (Å²) in [6.07, 6.45) is 1.73. The number of carboxylic acids is 1. The Hall–Kier alpha value is -3.76. The number of nitrogen functional groups attached to an aromatic ring is 1. The minimum atomic E-state index is -5.08. The van der Waals surface area contributed by atoms with Gasteiger partial charge in [0, 0.05) is 5.69 Å². The number of anilines is 1. The molecule has 212 valence electrons. The summed E-state index contributed by atoms with van der Waals surface area (Å²) >= 11 is 0. The SMILES string of the molecule is Cc1ccccc1C1=C2C=CC(=NC(=O)[C@H](N)CC(C)C)C=C2[Si](C)(C)c2cc(N)ccc21.O=C(O)C(F)(F)F. The van der Waals surface area contributed by atoms with E-state index >= 15 is 0 Å². The van der Waals surface area contributed by atoms with Gasteiger partial charge < -0.3 is 16.6 Å². The van der Waals surface area contributed by atoms with Crippen molar-refractivity contribution in [3.8, 4) is 0 Å². The van der Waals surface area contributed by atoms with E-state index < -0.39 is 26.3 Å². The Labute approximate surface area is 233 Å². The van der Waals surface area contributed by atoms with Crippen molar-refractivity contribution in [2.75, 3.05) is 5.73 Å². The highest BCUT2D eigenvalue weighted by Gasteiger charge is 2.40. The second kappa shape index (κ2) is 11.8. The fourth-order valence-electron chi connectivity index (χ4n) is 4.89. The highest BCUT2D eigenvalue weighted by atomic mass is 28.3.